The summed E-state index contributed by atoms with van der Waals surface area (Å²) in [6.07, 6.45) is 0. The van der Waals surface area contributed by atoms with Gasteiger partial charge in [-0.2, -0.15) is 0 Å². The molecule has 0 aromatic heterocycles. The van der Waals surface area contributed by atoms with Gasteiger partial charge in [-0.25, -0.2) is 0 Å². The molecule has 1 N–H and O–H groups in total. The Labute approximate surface area is 112 Å². The molecule has 1 aromatic rings. The molecular formula is C13H17ClN2O2. The molecule has 2 rings (SSSR count). The molecule has 0 saturated carbocycles. The average Bonchev–Trinajstić information content (AvgIpc) is 2.41. The third kappa shape index (κ3) is 3.37. The van der Waals surface area contributed by atoms with Crippen LogP contribution in [0.2, 0.25) is 5.02 Å². The van der Waals surface area contributed by atoms with Crippen molar-refractivity contribution in [2.75, 3.05) is 31.6 Å². The van der Waals surface area contributed by atoms with Gasteiger partial charge in [0.2, 0.25) is 5.91 Å². The summed E-state index contributed by atoms with van der Waals surface area (Å²) in [6.45, 7) is 4.46. The highest BCUT2D eigenvalue weighted by Crippen LogP contribution is 2.15. The summed E-state index contributed by atoms with van der Waals surface area (Å²) >= 11 is 5.82. The molecule has 98 valence electrons. The standard InChI is InChI=1S/C13H17ClN2O2/c1-10(13(17)16-6-8-18-9-7-16)15-12-4-2-11(14)3-5-12/h2-5,10,15H,6-9H2,1H3. The van der Waals surface area contributed by atoms with Gasteiger partial charge in [-0.3, -0.25) is 4.79 Å². The van der Waals surface area contributed by atoms with Crippen molar-refractivity contribution in [2.24, 2.45) is 0 Å². The lowest BCUT2D eigenvalue weighted by Gasteiger charge is -2.29. The molecule has 1 aromatic carbocycles. The zero-order valence-electron chi connectivity index (χ0n) is 10.4. The number of hydrogen-bond donors (Lipinski definition) is 1. The summed E-state index contributed by atoms with van der Waals surface area (Å²) in [5.74, 6) is 0.105. The van der Waals surface area contributed by atoms with Gasteiger partial charge < -0.3 is 15.0 Å². The SMILES string of the molecule is CC(Nc1ccc(Cl)cc1)C(=O)N1CCOCC1. The summed E-state index contributed by atoms with van der Waals surface area (Å²) in [4.78, 5) is 14.0. The lowest BCUT2D eigenvalue weighted by Crippen LogP contribution is -2.46. The zero-order chi connectivity index (χ0) is 13.0. The van der Waals surface area contributed by atoms with Crippen molar-refractivity contribution in [3.8, 4) is 0 Å². The van der Waals surface area contributed by atoms with Crippen LogP contribution in [-0.4, -0.2) is 43.2 Å². The van der Waals surface area contributed by atoms with Gasteiger partial charge in [-0.15, -0.1) is 0 Å². The predicted octanol–water partition coefficient (Wildman–Crippen LogP) is 2.00. The van der Waals surface area contributed by atoms with Gasteiger partial charge in [-0.1, -0.05) is 11.6 Å². The molecule has 5 heteroatoms. The Morgan fingerprint density at radius 2 is 1.94 bits per heavy atom. The second kappa shape index (κ2) is 6.07. The summed E-state index contributed by atoms with van der Waals surface area (Å²) in [5, 5.41) is 3.86. The fourth-order valence-corrected chi connectivity index (χ4v) is 2.04. The van der Waals surface area contributed by atoms with Crippen LogP contribution in [0.1, 0.15) is 6.92 Å². The molecule has 18 heavy (non-hydrogen) atoms. The fourth-order valence-electron chi connectivity index (χ4n) is 1.92. The van der Waals surface area contributed by atoms with Crippen LogP contribution in [0.25, 0.3) is 0 Å². The van der Waals surface area contributed by atoms with Crippen molar-refractivity contribution in [2.45, 2.75) is 13.0 Å². The highest BCUT2D eigenvalue weighted by atomic mass is 35.5. The first-order valence-corrected chi connectivity index (χ1v) is 6.43. The van der Waals surface area contributed by atoms with Crippen LogP contribution in [0.5, 0.6) is 0 Å². The van der Waals surface area contributed by atoms with E-state index in [0.717, 1.165) is 5.69 Å². The van der Waals surface area contributed by atoms with Crippen molar-refractivity contribution in [1.82, 2.24) is 4.90 Å². The van der Waals surface area contributed by atoms with E-state index < -0.39 is 0 Å². The third-order valence-corrected chi connectivity index (χ3v) is 3.17. The first-order chi connectivity index (χ1) is 8.66. The van der Waals surface area contributed by atoms with Gasteiger partial charge >= 0.3 is 0 Å². The largest absolute Gasteiger partial charge is 0.378 e. The zero-order valence-corrected chi connectivity index (χ0v) is 11.1. The number of hydrogen-bond acceptors (Lipinski definition) is 3. The lowest BCUT2D eigenvalue weighted by atomic mass is 10.2. The molecule has 1 atom stereocenters. The molecule has 1 unspecified atom stereocenters. The number of ether oxygens (including phenoxy) is 1. The molecule has 0 aliphatic carbocycles. The molecule has 0 radical (unpaired) electrons. The van der Waals surface area contributed by atoms with Crippen LogP contribution < -0.4 is 5.32 Å². The Hall–Kier alpha value is -1.26. The number of carbonyl (C=O) groups excluding carboxylic acids is 1. The van der Waals surface area contributed by atoms with E-state index in [1.54, 1.807) is 12.1 Å². The van der Waals surface area contributed by atoms with Crippen LogP contribution in [0, 0.1) is 0 Å². The molecular weight excluding hydrogens is 252 g/mol. The van der Waals surface area contributed by atoms with Crippen molar-refractivity contribution in [3.63, 3.8) is 0 Å². The number of rotatable bonds is 3. The number of morpholine rings is 1. The van der Waals surface area contributed by atoms with Gasteiger partial charge in [0.15, 0.2) is 0 Å². The van der Waals surface area contributed by atoms with Crippen molar-refractivity contribution in [3.05, 3.63) is 29.3 Å². The normalized spacial score (nSPS) is 17.3. The summed E-state index contributed by atoms with van der Waals surface area (Å²) in [5.41, 5.74) is 0.897. The Morgan fingerprint density at radius 3 is 2.56 bits per heavy atom. The molecule has 1 aliphatic rings. The lowest BCUT2D eigenvalue weighted by molar-refractivity contribution is -0.135. The average molecular weight is 269 g/mol. The number of amides is 1. The van der Waals surface area contributed by atoms with E-state index in [0.29, 0.717) is 31.3 Å². The number of carbonyl (C=O) groups is 1. The van der Waals surface area contributed by atoms with Crippen LogP contribution in [-0.2, 0) is 9.53 Å². The second-order valence-corrected chi connectivity index (χ2v) is 4.75. The summed E-state index contributed by atoms with van der Waals surface area (Å²) in [6, 6.07) is 7.09. The Kier molecular flexibility index (Phi) is 4.44. The number of anilines is 1. The van der Waals surface area contributed by atoms with Crippen molar-refractivity contribution < 1.29 is 9.53 Å². The van der Waals surface area contributed by atoms with Crippen LogP contribution in [0.4, 0.5) is 5.69 Å². The first kappa shape index (κ1) is 13.2. The maximum absolute atomic E-state index is 12.2. The van der Waals surface area contributed by atoms with Gasteiger partial charge in [0, 0.05) is 23.8 Å². The predicted molar refractivity (Wildman–Crippen MR) is 71.9 cm³/mol. The topological polar surface area (TPSA) is 41.6 Å². The molecule has 1 aliphatic heterocycles. The highest BCUT2D eigenvalue weighted by Gasteiger charge is 2.22. The number of benzene rings is 1. The van der Waals surface area contributed by atoms with Crippen LogP contribution >= 0.6 is 11.6 Å². The second-order valence-electron chi connectivity index (χ2n) is 4.31. The van der Waals surface area contributed by atoms with Gasteiger partial charge in [0.1, 0.15) is 6.04 Å². The van der Waals surface area contributed by atoms with Crippen LogP contribution in [0.3, 0.4) is 0 Å². The van der Waals surface area contributed by atoms with Gasteiger partial charge in [-0.05, 0) is 31.2 Å². The highest BCUT2D eigenvalue weighted by molar-refractivity contribution is 6.30. The van der Waals surface area contributed by atoms with Crippen LogP contribution in [0.15, 0.2) is 24.3 Å². The monoisotopic (exact) mass is 268 g/mol. The summed E-state index contributed by atoms with van der Waals surface area (Å²) < 4.78 is 5.23. The van der Waals surface area contributed by atoms with E-state index in [-0.39, 0.29) is 11.9 Å². The number of nitrogens with one attached hydrogen (secondary N) is 1. The van der Waals surface area contributed by atoms with Gasteiger partial charge in [0.25, 0.3) is 0 Å². The van der Waals surface area contributed by atoms with E-state index >= 15 is 0 Å². The van der Waals surface area contributed by atoms with E-state index in [1.165, 1.54) is 0 Å². The van der Waals surface area contributed by atoms with E-state index in [4.69, 9.17) is 16.3 Å². The molecule has 4 nitrogen and oxygen atoms in total. The van der Waals surface area contributed by atoms with Gasteiger partial charge in [0.05, 0.1) is 13.2 Å². The Morgan fingerprint density at radius 1 is 1.33 bits per heavy atom. The third-order valence-electron chi connectivity index (χ3n) is 2.92. The molecule has 1 fully saturated rings. The van der Waals surface area contributed by atoms with E-state index in [2.05, 4.69) is 5.32 Å². The van der Waals surface area contributed by atoms with Crippen molar-refractivity contribution >= 4 is 23.2 Å². The smallest absolute Gasteiger partial charge is 0.244 e. The summed E-state index contributed by atoms with van der Waals surface area (Å²) in [7, 11) is 0. The molecule has 0 spiro atoms. The molecule has 1 saturated heterocycles. The quantitative estimate of drug-likeness (QED) is 0.912. The fraction of sp³-hybridized carbons (Fsp3) is 0.462. The minimum atomic E-state index is -0.246. The maximum Gasteiger partial charge on any atom is 0.244 e. The molecule has 1 amide bonds. The van der Waals surface area contributed by atoms with E-state index in [1.807, 2.05) is 24.0 Å². The number of nitrogens with zero attached hydrogens (tertiary/aromatic N) is 1. The van der Waals surface area contributed by atoms with Crippen molar-refractivity contribution in [1.29, 1.82) is 0 Å². The number of halogens is 1. The first-order valence-electron chi connectivity index (χ1n) is 6.05. The Bertz CT molecular complexity index is 402. The minimum Gasteiger partial charge on any atom is -0.378 e. The Balaban J connectivity index is 1.92. The maximum atomic E-state index is 12.2. The minimum absolute atomic E-state index is 0.105. The molecule has 1 heterocycles. The van der Waals surface area contributed by atoms with E-state index in [9.17, 15) is 4.79 Å². The molecule has 0 bridgehead atoms.